The van der Waals surface area contributed by atoms with E-state index in [0.717, 1.165) is 24.8 Å². The quantitative estimate of drug-likeness (QED) is 0.793. The van der Waals surface area contributed by atoms with Gasteiger partial charge in [-0.2, -0.15) is 5.26 Å². The minimum absolute atomic E-state index is 0.256. The second-order valence-electron chi connectivity index (χ2n) is 4.12. The van der Waals surface area contributed by atoms with Gasteiger partial charge in [0.2, 0.25) is 0 Å². The molecule has 0 heterocycles. The van der Waals surface area contributed by atoms with Crippen molar-refractivity contribution in [1.82, 2.24) is 0 Å². The summed E-state index contributed by atoms with van der Waals surface area (Å²) >= 11 is 0. The predicted octanol–water partition coefficient (Wildman–Crippen LogP) is 3.53. The van der Waals surface area contributed by atoms with Crippen molar-refractivity contribution in [2.45, 2.75) is 31.0 Å². The van der Waals surface area contributed by atoms with Crippen molar-refractivity contribution >= 4 is 0 Å². The van der Waals surface area contributed by atoms with E-state index in [2.05, 4.69) is 10.8 Å². The molecule has 1 aromatic rings. The molecule has 0 aliphatic heterocycles. The van der Waals surface area contributed by atoms with Crippen LogP contribution < -0.4 is 4.74 Å². The molecule has 0 N–H and O–H groups in total. The number of nitriles is 1. The van der Waals surface area contributed by atoms with Crippen molar-refractivity contribution in [1.29, 1.82) is 5.26 Å². The number of halogens is 3. The Morgan fingerprint density at radius 2 is 1.76 bits per heavy atom. The number of alkyl halides is 3. The minimum Gasteiger partial charge on any atom is -0.406 e. The van der Waals surface area contributed by atoms with E-state index in [9.17, 15) is 13.2 Å². The van der Waals surface area contributed by atoms with E-state index in [1.165, 1.54) is 24.3 Å². The first-order chi connectivity index (χ1) is 7.95. The second kappa shape index (κ2) is 3.95. The van der Waals surface area contributed by atoms with E-state index in [0.29, 0.717) is 0 Å². The predicted molar refractivity (Wildman–Crippen MR) is 54.3 cm³/mol. The maximum atomic E-state index is 11.9. The van der Waals surface area contributed by atoms with Gasteiger partial charge >= 0.3 is 6.36 Å². The Labute approximate surface area is 96.6 Å². The zero-order valence-corrected chi connectivity index (χ0v) is 8.92. The number of benzene rings is 1. The molecule has 2 rings (SSSR count). The zero-order valence-electron chi connectivity index (χ0n) is 8.92. The average Bonchev–Trinajstić information content (AvgIpc) is 2.17. The fourth-order valence-corrected chi connectivity index (χ4v) is 1.97. The molecule has 0 amide bonds. The van der Waals surface area contributed by atoms with Crippen molar-refractivity contribution in [2.75, 3.05) is 0 Å². The molecule has 0 aromatic heterocycles. The smallest absolute Gasteiger partial charge is 0.406 e. The lowest BCUT2D eigenvalue weighted by Gasteiger charge is -2.35. The molecule has 1 fully saturated rings. The van der Waals surface area contributed by atoms with Crippen LogP contribution in [0.4, 0.5) is 13.2 Å². The van der Waals surface area contributed by atoms with Crippen molar-refractivity contribution in [3.63, 3.8) is 0 Å². The summed E-state index contributed by atoms with van der Waals surface area (Å²) in [6.45, 7) is 0. The van der Waals surface area contributed by atoms with Gasteiger partial charge in [-0.05, 0) is 37.0 Å². The lowest BCUT2D eigenvalue weighted by atomic mass is 9.65. The molecule has 1 saturated carbocycles. The Balaban J connectivity index is 2.16. The summed E-state index contributed by atoms with van der Waals surface area (Å²) in [7, 11) is 0. The van der Waals surface area contributed by atoms with E-state index in [-0.39, 0.29) is 5.75 Å². The van der Waals surface area contributed by atoms with Crippen LogP contribution in [-0.4, -0.2) is 6.36 Å². The standard InChI is InChI=1S/C12H10F3NO/c13-12(14,15)17-10-4-2-9(3-5-10)11(8-16)6-1-7-11/h2-5H,1,6-7H2. The highest BCUT2D eigenvalue weighted by molar-refractivity contribution is 5.38. The Morgan fingerprint density at radius 3 is 2.12 bits per heavy atom. The summed E-state index contributed by atoms with van der Waals surface area (Å²) in [4.78, 5) is 0. The highest BCUT2D eigenvalue weighted by Gasteiger charge is 2.39. The molecule has 1 aliphatic carbocycles. The van der Waals surface area contributed by atoms with Gasteiger partial charge in [0.05, 0.1) is 11.5 Å². The summed E-state index contributed by atoms with van der Waals surface area (Å²) in [6.07, 6.45) is -2.16. The number of ether oxygens (including phenoxy) is 1. The van der Waals surface area contributed by atoms with Crippen LogP contribution in [0.15, 0.2) is 24.3 Å². The lowest BCUT2D eigenvalue weighted by Crippen LogP contribution is -2.32. The van der Waals surface area contributed by atoms with Crippen LogP contribution >= 0.6 is 0 Å². The number of nitrogens with zero attached hydrogens (tertiary/aromatic N) is 1. The van der Waals surface area contributed by atoms with Crippen molar-refractivity contribution in [3.8, 4) is 11.8 Å². The van der Waals surface area contributed by atoms with Gasteiger partial charge < -0.3 is 4.74 Å². The van der Waals surface area contributed by atoms with Gasteiger partial charge in [0.15, 0.2) is 0 Å². The van der Waals surface area contributed by atoms with Gasteiger partial charge in [0.25, 0.3) is 0 Å². The number of hydrogen-bond donors (Lipinski definition) is 0. The van der Waals surface area contributed by atoms with Gasteiger partial charge in [-0.3, -0.25) is 0 Å². The molecule has 0 spiro atoms. The van der Waals surface area contributed by atoms with Gasteiger partial charge in [-0.1, -0.05) is 12.1 Å². The van der Waals surface area contributed by atoms with Crippen molar-refractivity contribution in [3.05, 3.63) is 29.8 Å². The summed E-state index contributed by atoms with van der Waals surface area (Å²) < 4.78 is 39.6. The van der Waals surface area contributed by atoms with E-state index in [4.69, 9.17) is 5.26 Å². The number of rotatable bonds is 2. The normalized spacial score (nSPS) is 18.0. The van der Waals surface area contributed by atoms with E-state index >= 15 is 0 Å². The largest absolute Gasteiger partial charge is 0.573 e. The molecular formula is C12H10F3NO. The van der Waals surface area contributed by atoms with Crippen LogP contribution in [0.5, 0.6) is 5.75 Å². The van der Waals surface area contributed by atoms with Gasteiger partial charge in [0, 0.05) is 0 Å². The topological polar surface area (TPSA) is 33.0 Å². The average molecular weight is 241 g/mol. The third kappa shape index (κ3) is 2.36. The first-order valence-corrected chi connectivity index (χ1v) is 5.23. The Kier molecular flexibility index (Phi) is 2.74. The van der Waals surface area contributed by atoms with E-state index < -0.39 is 11.8 Å². The summed E-state index contributed by atoms with van der Waals surface area (Å²) in [5.74, 6) is -0.256. The SMILES string of the molecule is N#CC1(c2ccc(OC(F)(F)F)cc2)CCC1. The molecule has 17 heavy (non-hydrogen) atoms. The molecular weight excluding hydrogens is 231 g/mol. The molecule has 0 bridgehead atoms. The molecule has 0 radical (unpaired) electrons. The minimum atomic E-state index is -4.68. The fraction of sp³-hybridized carbons (Fsp3) is 0.417. The molecule has 5 heteroatoms. The van der Waals surface area contributed by atoms with Crippen molar-refractivity contribution < 1.29 is 17.9 Å². The molecule has 2 nitrogen and oxygen atoms in total. The second-order valence-corrected chi connectivity index (χ2v) is 4.12. The van der Waals surface area contributed by atoms with Gasteiger partial charge in [-0.25, -0.2) is 0 Å². The molecule has 1 aliphatic rings. The van der Waals surface area contributed by atoms with Crippen LogP contribution in [0.2, 0.25) is 0 Å². The maximum Gasteiger partial charge on any atom is 0.573 e. The third-order valence-corrected chi connectivity index (χ3v) is 3.06. The van der Waals surface area contributed by atoms with Crippen LogP contribution in [0.1, 0.15) is 24.8 Å². The zero-order chi connectivity index (χ0) is 12.5. The fourth-order valence-electron chi connectivity index (χ4n) is 1.97. The monoisotopic (exact) mass is 241 g/mol. The van der Waals surface area contributed by atoms with Gasteiger partial charge in [-0.15, -0.1) is 13.2 Å². The van der Waals surface area contributed by atoms with Crippen molar-refractivity contribution in [2.24, 2.45) is 0 Å². The summed E-state index contributed by atoms with van der Waals surface area (Å²) in [6, 6.07) is 7.80. The third-order valence-electron chi connectivity index (χ3n) is 3.06. The summed E-state index contributed by atoms with van der Waals surface area (Å²) in [5, 5.41) is 9.08. The lowest BCUT2D eigenvalue weighted by molar-refractivity contribution is -0.274. The molecule has 90 valence electrons. The highest BCUT2D eigenvalue weighted by Crippen LogP contribution is 2.43. The Morgan fingerprint density at radius 1 is 1.18 bits per heavy atom. The molecule has 1 aromatic carbocycles. The molecule has 0 unspecified atom stereocenters. The van der Waals surface area contributed by atoms with Crippen LogP contribution in [0, 0.1) is 11.3 Å². The van der Waals surface area contributed by atoms with Gasteiger partial charge in [0.1, 0.15) is 5.75 Å². The van der Waals surface area contributed by atoms with Crippen LogP contribution in [0.25, 0.3) is 0 Å². The Bertz CT molecular complexity index is 440. The van der Waals surface area contributed by atoms with Crippen LogP contribution in [-0.2, 0) is 5.41 Å². The van der Waals surface area contributed by atoms with E-state index in [1.54, 1.807) is 0 Å². The molecule has 0 saturated heterocycles. The van der Waals surface area contributed by atoms with E-state index in [1.807, 2.05) is 0 Å². The highest BCUT2D eigenvalue weighted by atomic mass is 19.4. The van der Waals surface area contributed by atoms with Crippen LogP contribution in [0.3, 0.4) is 0 Å². The maximum absolute atomic E-state index is 11.9. The first kappa shape index (κ1) is 11.8. The number of hydrogen-bond acceptors (Lipinski definition) is 2. The summed E-state index contributed by atoms with van der Waals surface area (Å²) in [5.41, 5.74) is 0.261. The Hall–Kier alpha value is -1.70. The molecule has 0 atom stereocenters. The first-order valence-electron chi connectivity index (χ1n) is 5.23.